The number of aliphatic hydroxyl groups is 1. The second-order valence-electron chi connectivity index (χ2n) is 12.0. The zero-order chi connectivity index (χ0) is 22.9. The zero-order valence-electron chi connectivity index (χ0n) is 20.0. The van der Waals surface area contributed by atoms with E-state index in [-0.39, 0.29) is 34.3 Å². The topological polar surface area (TPSA) is 75.0 Å². The molecular formula is C26H34N2O4. The summed E-state index contributed by atoms with van der Waals surface area (Å²) >= 11 is 0. The molecule has 2 saturated carbocycles. The zero-order valence-corrected chi connectivity index (χ0v) is 20.0. The van der Waals surface area contributed by atoms with E-state index in [4.69, 9.17) is 14.2 Å². The molecule has 2 heterocycles. The van der Waals surface area contributed by atoms with Crippen molar-refractivity contribution >= 4 is 0 Å². The van der Waals surface area contributed by atoms with Crippen molar-refractivity contribution in [2.75, 3.05) is 20.8 Å². The van der Waals surface area contributed by atoms with E-state index < -0.39 is 11.2 Å². The van der Waals surface area contributed by atoms with E-state index in [0.717, 1.165) is 43.7 Å². The van der Waals surface area contributed by atoms with Gasteiger partial charge in [0.2, 0.25) is 0 Å². The minimum Gasteiger partial charge on any atom is -0.493 e. The molecule has 1 saturated heterocycles. The van der Waals surface area contributed by atoms with Gasteiger partial charge in [-0.05, 0) is 49.7 Å². The highest BCUT2D eigenvalue weighted by atomic mass is 16.6. The molecule has 4 bridgehead atoms. The van der Waals surface area contributed by atoms with Gasteiger partial charge in [0.25, 0.3) is 0 Å². The number of nitrogens with zero attached hydrogens (tertiary/aromatic N) is 2. The molecule has 6 heteroatoms. The Hall–Kier alpha value is -1.97. The van der Waals surface area contributed by atoms with Crippen molar-refractivity contribution in [3.05, 3.63) is 23.3 Å². The fraction of sp³-hybridized carbons (Fsp3) is 0.731. The molecule has 6 nitrogen and oxygen atoms in total. The number of nitriles is 1. The summed E-state index contributed by atoms with van der Waals surface area (Å²) in [4.78, 5) is 2.01. The first-order chi connectivity index (χ1) is 15.0. The molecule has 1 N–H and O–H groups in total. The normalized spacial score (nSPS) is 42.2. The van der Waals surface area contributed by atoms with E-state index in [0.29, 0.717) is 0 Å². The lowest BCUT2D eigenvalue weighted by molar-refractivity contribution is -0.210. The summed E-state index contributed by atoms with van der Waals surface area (Å²) in [5.41, 5.74) is 0.286. The van der Waals surface area contributed by atoms with Crippen LogP contribution in [0.3, 0.4) is 0 Å². The van der Waals surface area contributed by atoms with Crippen LogP contribution in [0.2, 0.25) is 0 Å². The molecule has 1 aromatic carbocycles. The summed E-state index contributed by atoms with van der Waals surface area (Å²) in [6.45, 7) is 9.01. The van der Waals surface area contributed by atoms with Crippen molar-refractivity contribution in [2.45, 2.75) is 82.1 Å². The van der Waals surface area contributed by atoms with Gasteiger partial charge in [0, 0.05) is 42.0 Å². The van der Waals surface area contributed by atoms with E-state index in [1.807, 2.05) is 17.9 Å². The van der Waals surface area contributed by atoms with Crippen LogP contribution in [0, 0.1) is 28.2 Å². The lowest BCUT2D eigenvalue weighted by atomic mass is 9.46. The Balaban J connectivity index is 1.64. The number of methoxy groups -OCH3 is 2. The molecule has 2 spiro atoms. The first-order valence-corrected chi connectivity index (χ1v) is 11.8. The van der Waals surface area contributed by atoms with Gasteiger partial charge in [-0.3, -0.25) is 0 Å². The first-order valence-electron chi connectivity index (χ1n) is 11.8. The highest BCUT2D eigenvalue weighted by Crippen LogP contribution is 2.81. The van der Waals surface area contributed by atoms with Crippen LogP contribution in [0.4, 0.5) is 0 Å². The average molecular weight is 439 g/mol. The standard InChI is InChI=1S/C26H34N2O4/c1-22(2,3)23(4,29)17-12-24-13-26(17,31-6)21-25(24)9-10-28(14-27)18(24)11-15-7-8-16(30-5)20(32-21)19(15)25/h7-8,17-18,21,29H,9-13H2,1-6H3/t17-,18?,21-,23+,24+,25?,26-/m1/s1. The molecular weight excluding hydrogens is 404 g/mol. The Morgan fingerprint density at radius 3 is 2.62 bits per heavy atom. The number of piperidine rings is 1. The van der Waals surface area contributed by atoms with E-state index in [2.05, 4.69) is 33.0 Å². The van der Waals surface area contributed by atoms with E-state index in [1.54, 1.807) is 14.2 Å². The van der Waals surface area contributed by atoms with Crippen LogP contribution in [0.1, 0.15) is 58.1 Å². The molecule has 3 aliphatic carbocycles. The SMILES string of the molecule is COc1ccc2c3c1O[C@@H]1C34CCN(C#N)C(C2)[C@@]42C[C@H]([C@](C)(O)C(C)(C)C)[C@]1(OC)C2. The third-order valence-corrected chi connectivity index (χ3v) is 10.5. The summed E-state index contributed by atoms with van der Waals surface area (Å²) in [5, 5.41) is 22.1. The average Bonchev–Trinajstić information content (AvgIpc) is 3.35. The van der Waals surface area contributed by atoms with Gasteiger partial charge in [-0.1, -0.05) is 26.8 Å². The smallest absolute Gasteiger partial charge is 0.179 e. The first kappa shape index (κ1) is 20.6. The summed E-state index contributed by atoms with van der Waals surface area (Å²) < 4.78 is 19.1. The third-order valence-electron chi connectivity index (χ3n) is 10.5. The van der Waals surface area contributed by atoms with Crippen molar-refractivity contribution < 1.29 is 19.3 Å². The van der Waals surface area contributed by atoms with Crippen LogP contribution >= 0.6 is 0 Å². The molecule has 0 amide bonds. The number of benzene rings is 1. The summed E-state index contributed by atoms with van der Waals surface area (Å²) in [6, 6.07) is 4.26. The maximum absolute atomic E-state index is 12.0. The molecule has 0 aromatic heterocycles. The monoisotopic (exact) mass is 438 g/mol. The Bertz CT molecular complexity index is 1060. The van der Waals surface area contributed by atoms with Crippen molar-refractivity contribution in [1.82, 2.24) is 4.90 Å². The number of likely N-dealkylation sites (tertiary alicyclic amines) is 1. The maximum Gasteiger partial charge on any atom is 0.179 e. The lowest BCUT2D eigenvalue weighted by Gasteiger charge is -2.62. The number of ether oxygens (including phenoxy) is 3. The van der Waals surface area contributed by atoms with Crippen LogP contribution < -0.4 is 9.47 Å². The highest BCUT2D eigenvalue weighted by Gasteiger charge is 2.86. The molecule has 6 rings (SSSR count). The van der Waals surface area contributed by atoms with Crippen LogP contribution in [0.5, 0.6) is 11.5 Å². The van der Waals surface area contributed by atoms with Gasteiger partial charge >= 0.3 is 0 Å². The number of hydrogen-bond donors (Lipinski definition) is 1. The minimum atomic E-state index is -0.956. The van der Waals surface area contributed by atoms with Gasteiger partial charge in [-0.25, -0.2) is 0 Å². The third kappa shape index (κ3) is 1.86. The quantitative estimate of drug-likeness (QED) is 0.729. The number of fused-ring (bicyclic) bond motifs is 2. The predicted molar refractivity (Wildman–Crippen MR) is 118 cm³/mol. The van der Waals surface area contributed by atoms with Gasteiger partial charge in [0.05, 0.1) is 12.7 Å². The van der Waals surface area contributed by atoms with Crippen molar-refractivity contribution in [2.24, 2.45) is 16.7 Å². The molecule has 2 aliphatic heterocycles. The molecule has 1 aromatic rings. The van der Waals surface area contributed by atoms with Gasteiger partial charge in [0.15, 0.2) is 17.7 Å². The molecule has 32 heavy (non-hydrogen) atoms. The second kappa shape index (κ2) is 5.74. The molecule has 172 valence electrons. The van der Waals surface area contributed by atoms with Crippen LogP contribution in [-0.2, 0) is 16.6 Å². The van der Waals surface area contributed by atoms with Crippen LogP contribution in [0.25, 0.3) is 0 Å². The lowest BCUT2D eigenvalue weighted by Crippen LogP contribution is -2.71. The van der Waals surface area contributed by atoms with Crippen LogP contribution in [0.15, 0.2) is 12.1 Å². The maximum atomic E-state index is 12.0. The number of rotatable bonds is 3. The van der Waals surface area contributed by atoms with Crippen molar-refractivity contribution in [3.63, 3.8) is 0 Å². The Morgan fingerprint density at radius 1 is 1.25 bits per heavy atom. The molecule has 5 aliphatic rings. The Kier molecular flexibility index (Phi) is 3.70. The summed E-state index contributed by atoms with van der Waals surface area (Å²) in [7, 11) is 3.48. The van der Waals surface area contributed by atoms with E-state index in [9.17, 15) is 10.4 Å². The van der Waals surface area contributed by atoms with Gasteiger partial charge in [0.1, 0.15) is 11.7 Å². The second-order valence-corrected chi connectivity index (χ2v) is 12.0. The summed E-state index contributed by atoms with van der Waals surface area (Å²) in [5.74, 6) is 1.54. The highest BCUT2D eigenvalue weighted by molar-refractivity contribution is 5.65. The van der Waals surface area contributed by atoms with Crippen molar-refractivity contribution in [1.29, 1.82) is 5.26 Å². The molecule has 0 radical (unpaired) electrons. The van der Waals surface area contributed by atoms with E-state index in [1.165, 1.54) is 11.1 Å². The largest absolute Gasteiger partial charge is 0.493 e. The van der Waals surface area contributed by atoms with E-state index >= 15 is 0 Å². The fourth-order valence-electron chi connectivity index (χ4n) is 8.72. The van der Waals surface area contributed by atoms with Gasteiger partial charge < -0.3 is 24.2 Å². The van der Waals surface area contributed by atoms with Gasteiger partial charge in [-0.2, -0.15) is 5.26 Å². The fourth-order valence-corrected chi connectivity index (χ4v) is 8.72. The van der Waals surface area contributed by atoms with Crippen LogP contribution in [-0.4, -0.2) is 54.1 Å². The van der Waals surface area contributed by atoms with Gasteiger partial charge in [-0.15, -0.1) is 0 Å². The predicted octanol–water partition coefficient (Wildman–Crippen LogP) is 3.40. The molecule has 2 unspecified atom stereocenters. The molecule has 3 fully saturated rings. The molecule has 7 atom stereocenters. The summed E-state index contributed by atoms with van der Waals surface area (Å²) in [6.07, 6.45) is 5.66. The van der Waals surface area contributed by atoms with Crippen molar-refractivity contribution in [3.8, 4) is 17.7 Å². The Morgan fingerprint density at radius 2 is 2.00 bits per heavy atom. The number of hydrogen-bond acceptors (Lipinski definition) is 6. The minimum absolute atomic E-state index is 0.0944. The Labute approximate surface area is 190 Å².